The lowest BCUT2D eigenvalue weighted by Gasteiger charge is -2.38. The van der Waals surface area contributed by atoms with Crippen molar-refractivity contribution in [1.29, 1.82) is 0 Å². The van der Waals surface area contributed by atoms with Crippen LogP contribution in [-0.2, 0) is 6.54 Å². The fraction of sp³-hybridized carbons (Fsp3) is 0.464. The quantitative estimate of drug-likeness (QED) is 0.263. The van der Waals surface area contributed by atoms with Gasteiger partial charge in [0.15, 0.2) is 0 Å². The van der Waals surface area contributed by atoms with Crippen molar-refractivity contribution >= 4 is 22.8 Å². The van der Waals surface area contributed by atoms with Crippen LogP contribution in [0.4, 0.5) is 33.7 Å². The molecule has 1 aliphatic heterocycles. The fourth-order valence-electron chi connectivity index (χ4n) is 5.49. The molecule has 3 atom stereocenters. The molecule has 6 rings (SSSR count). The molecule has 3 aromatic heterocycles. The van der Waals surface area contributed by atoms with Gasteiger partial charge < -0.3 is 10.3 Å². The first kappa shape index (κ1) is 27.6. The minimum absolute atomic E-state index is 0.0154. The number of nitrogens with zero attached hydrogens (tertiary/aromatic N) is 6. The number of piperazine rings is 1. The zero-order valence-corrected chi connectivity index (χ0v) is 22.7. The second-order valence-corrected chi connectivity index (χ2v) is 11.3. The highest BCUT2D eigenvalue weighted by Gasteiger charge is 2.51. The van der Waals surface area contributed by atoms with Crippen LogP contribution in [0.5, 0.6) is 0 Å². The molecular formula is C28H31F5N8. The molecule has 3 unspecified atom stereocenters. The number of aromatic amines is 1. The molecule has 0 bridgehead atoms. The summed E-state index contributed by atoms with van der Waals surface area (Å²) in [5.41, 5.74) is 1.81. The highest BCUT2D eigenvalue weighted by atomic mass is 19.4. The Bertz CT molecular complexity index is 1540. The van der Waals surface area contributed by atoms with Crippen molar-refractivity contribution < 1.29 is 22.0 Å². The predicted octanol–water partition coefficient (Wildman–Crippen LogP) is 5.69. The average Bonchev–Trinajstić information content (AvgIpc) is 3.23. The topological polar surface area (TPSA) is 77.9 Å². The molecular weight excluding hydrogens is 543 g/mol. The molecule has 2 fully saturated rings. The third-order valence-electron chi connectivity index (χ3n) is 8.13. The van der Waals surface area contributed by atoms with Gasteiger partial charge in [-0.05, 0) is 44.0 Å². The van der Waals surface area contributed by atoms with Crippen LogP contribution in [0.3, 0.4) is 0 Å². The molecule has 2 N–H and O–H groups in total. The Kier molecular flexibility index (Phi) is 6.97. The maximum absolute atomic E-state index is 15.0. The summed E-state index contributed by atoms with van der Waals surface area (Å²) in [6.45, 7) is 4.96. The molecule has 4 aromatic rings. The number of nitrogens with one attached hydrogen (secondary N) is 2. The molecule has 4 heterocycles. The minimum Gasteiger partial charge on any atom is -0.324 e. The summed E-state index contributed by atoms with van der Waals surface area (Å²) in [6, 6.07) is 6.77. The minimum atomic E-state index is -4.19. The van der Waals surface area contributed by atoms with Gasteiger partial charge in [-0.1, -0.05) is 0 Å². The Morgan fingerprint density at radius 3 is 2.63 bits per heavy atom. The van der Waals surface area contributed by atoms with E-state index in [4.69, 9.17) is 0 Å². The van der Waals surface area contributed by atoms with Crippen LogP contribution in [0, 0.1) is 11.7 Å². The Hall–Kier alpha value is -3.58. The normalized spacial score (nSPS) is 22.8. The molecule has 1 saturated heterocycles. The predicted molar refractivity (Wildman–Crippen MR) is 145 cm³/mol. The highest BCUT2D eigenvalue weighted by Crippen LogP contribution is 2.47. The van der Waals surface area contributed by atoms with E-state index in [2.05, 4.69) is 30.3 Å². The maximum atomic E-state index is 15.0. The number of pyridine rings is 1. The SMILES string of the molecule is CC(c1ccnc(Nc2nc3cc(-c4cnn(CC5CC5(C)F)c4)c(F)cc3[nH]2)c1)N1CCN(CC(F)(F)F)CC1. The van der Waals surface area contributed by atoms with Crippen molar-refractivity contribution in [2.75, 3.05) is 38.0 Å². The van der Waals surface area contributed by atoms with Gasteiger partial charge >= 0.3 is 6.18 Å². The molecule has 218 valence electrons. The van der Waals surface area contributed by atoms with Crippen LogP contribution in [0.25, 0.3) is 22.2 Å². The number of imidazole rings is 1. The molecule has 8 nitrogen and oxygen atoms in total. The highest BCUT2D eigenvalue weighted by molar-refractivity contribution is 5.84. The molecule has 1 aliphatic carbocycles. The van der Waals surface area contributed by atoms with E-state index in [0.717, 1.165) is 5.56 Å². The van der Waals surface area contributed by atoms with Crippen molar-refractivity contribution in [3.05, 3.63) is 54.2 Å². The van der Waals surface area contributed by atoms with Crippen molar-refractivity contribution in [1.82, 2.24) is 34.5 Å². The zero-order chi connectivity index (χ0) is 28.9. The monoisotopic (exact) mass is 574 g/mol. The van der Waals surface area contributed by atoms with Gasteiger partial charge in [0.1, 0.15) is 17.3 Å². The van der Waals surface area contributed by atoms with Gasteiger partial charge in [-0.3, -0.25) is 14.5 Å². The summed E-state index contributed by atoms with van der Waals surface area (Å²) in [6.07, 6.45) is 1.27. The number of fused-ring (bicyclic) bond motifs is 1. The maximum Gasteiger partial charge on any atom is 0.401 e. The van der Waals surface area contributed by atoms with Gasteiger partial charge in [0.2, 0.25) is 5.95 Å². The largest absolute Gasteiger partial charge is 0.401 e. The van der Waals surface area contributed by atoms with E-state index in [1.807, 2.05) is 19.1 Å². The van der Waals surface area contributed by atoms with E-state index >= 15 is 4.39 Å². The van der Waals surface area contributed by atoms with Gasteiger partial charge in [-0.15, -0.1) is 0 Å². The lowest BCUT2D eigenvalue weighted by atomic mass is 10.1. The number of rotatable bonds is 8. The Morgan fingerprint density at radius 2 is 1.93 bits per heavy atom. The number of hydrogen-bond acceptors (Lipinski definition) is 6. The second kappa shape index (κ2) is 10.4. The molecule has 13 heteroatoms. The summed E-state index contributed by atoms with van der Waals surface area (Å²) in [4.78, 5) is 15.6. The summed E-state index contributed by atoms with van der Waals surface area (Å²) in [5, 5.41) is 7.42. The number of halogens is 5. The van der Waals surface area contributed by atoms with Crippen LogP contribution in [0.2, 0.25) is 0 Å². The van der Waals surface area contributed by atoms with Gasteiger partial charge in [-0.25, -0.2) is 18.7 Å². The fourth-order valence-corrected chi connectivity index (χ4v) is 5.49. The van der Waals surface area contributed by atoms with Crippen LogP contribution < -0.4 is 5.32 Å². The first-order valence-electron chi connectivity index (χ1n) is 13.6. The third kappa shape index (κ3) is 6.20. The average molecular weight is 575 g/mol. The molecule has 1 aromatic carbocycles. The summed E-state index contributed by atoms with van der Waals surface area (Å²) in [5.74, 6) is 0.414. The lowest BCUT2D eigenvalue weighted by Crippen LogP contribution is -2.49. The second-order valence-electron chi connectivity index (χ2n) is 11.3. The number of aromatic nitrogens is 5. The van der Waals surface area contributed by atoms with Gasteiger partial charge in [0, 0.05) is 74.3 Å². The molecule has 0 spiro atoms. The van der Waals surface area contributed by atoms with E-state index in [0.29, 0.717) is 73.1 Å². The van der Waals surface area contributed by atoms with Gasteiger partial charge in [0.25, 0.3) is 0 Å². The van der Waals surface area contributed by atoms with E-state index in [9.17, 15) is 17.6 Å². The van der Waals surface area contributed by atoms with E-state index in [1.54, 1.807) is 36.3 Å². The van der Waals surface area contributed by atoms with E-state index < -0.39 is 24.2 Å². The van der Waals surface area contributed by atoms with Crippen LogP contribution in [0.1, 0.15) is 31.9 Å². The molecule has 41 heavy (non-hydrogen) atoms. The summed E-state index contributed by atoms with van der Waals surface area (Å²) >= 11 is 0. The van der Waals surface area contributed by atoms with Crippen molar-refractivity contribution in [2.24, 2.45) is 5.92 Å². The van der Waals surface area contributed by atoms with Crippen LogP contribution in [-0.4, -0.2) is 79.1 Å². The number of H-pyrrole nitrogens is 1. The van der Waals surface area contributed by atoms with E-state index in [1.165, 1.54) is 11.0 Å². The zero-order valence-electron chi connectivity index (χ0n) is 22.7. The Morgan fingerprint density at radius 1 is 1.17 bits per heavy atom. The van der Waals surface area contributed by atoms with Crippen LogP contribution >= 0.6 is 0 Å². The number of alkyl halides is 4. The Balaban J connectivity index is 1.13. The molecule has 1 saturated carbocycles. The summed E-state index contributed by atoms with van der Waals surface area (Å²) < 4.78 is 68.8. The smallest absolute Gasteiger partial charge is 0.324 e. The van der Waals surface area contributed by atoms with Crippen molar-refractivity contribution in [3.8, 4) is 11.1 Å². The van der Waals surface area contributed by atoms with Crippen molar-refractivity contribution in [3.63, 3.8) is 0 Å². The molecule has 0 amide bonds. The number of benzene rings is 1. The summed E-state index contributed by atoms with van der Waals surface area (Å²) in [7, 11) is 0. The van der Waals surface area contributed by atoms with E-state index in [-0.39, 0.29) is 12.0 Å². The molecule has 0 radical (unpaired) electrons. The lowest BCUT2D eigenvalue weighted by molar-refractivity contribution is -0.149. The number of hydrogen-bond donors (Lipinski definition) is 2. The van der Waals surface area contributed by atoms with Gasteiger partial charge in [0.05, 0.1) is 23.8 Å². The van der Waals surface area contributed by atoms with Crippen molar-refractivity contribution in [2.45, 2.75) is 44.7 Å². The third-order valence-corrected chi connectivity index (χ3v) is 8.13. The first-order chi connectivity index (χ1) is 19.4. The standard InChI is InChI=1S/C28H31F5N8/c1-17(40-7-5-39(6-8-40)16-28(31,32)33)18-3-4-34-25(9-18)38-26-36-23-10-21(22(29)11-24(23)37-26)19-13-35-41(14-19)15-20-12-27(20,2)30/h3-4,9-11,13-14,17,20H,5-8,12,15-16H2,1-2H3,(H2,34,36,37,38). The first-order valence-corrected chi connectivity index (χ1v) is 13.6. The Labute approximate surface area is 233 Å². The van der Waals surface area contributed by atoms with Crippen LogP contribution in [0.15, 0.2) is 42.9 Å². The number of anilines is 2. The van der Waals surface area contributed by atoms with Gasteiger partial charge in [-0.2, -0.15) is 18.3 Å². The molecule has 2 aliphatic rings.